The van der Waals surface area contributed by atoms with E-state index < -0.39 is 0 Å². The molecule has 1 unspecified atom stereocenters. The standard InChI is InChI=1S/C11H22N2O/c1-10(9-14)3-4-11(13(10)2)5-7-12-8-6-11/h12,14H,3-9H2,1-2H3. The zero-order valence-electron chi connectivity index (χ0n) is 9.34. The fourth-order valence-corrected chi connectivity index (χ4v) is 3.07. The number of hydrogen-bond acceptors (Lipinski definition) is 3. The highest BCUT2D eigenvalue weighted by molar-refractivity contribution is 5.06. The topological polar surface area (TPSA) is 35.5 Å². The lowest BCUT2D eigenvalue weighted by Gasteiger charge is -2.45. The first-order valence-electron chi connectivity index (χ1n) is 5.69. The van der Waals surface area contributed by atoms with Crippen LogP contribution in [-0.4, -0.2) is 47.8 Å². The minimum Gasteiger partial charge on any atom is -0.394 e. The second-order valence-corrected chi connectivity index (χ2v) is 5.19. The highest BCUT2D eigenvalue weighted by atomic mass is 16.3. The van der Waals surface area contributed by atoms with Crippen LogP contribution in [0.3, 0.4) is 0 Å². The number of likely N-dealkylation sites (tertiary alicyclic amines) is 1. The summed E-state index contributed by atoms with van der Waals surface area (Å²) in [6.45, 7) is 4.74. The van der Waals surface area contributed by atoms with Crippen molar-refractivity contribution in [3.8, 4) is 0 Å². The summed E-state index contributed by atoms with van der Waals surface area (Å²) >= 11 is 0. The Labute approximate surface area is 86.5 Å². The van der Waals surface area contributed by atoms with Gasteiger partial charge < -0.3 is 10.4 Å². The van der Waals surface area contributed by atoms with Gasteiger partial charge in [0.05, 0.1) is 6.61 Å². The van der Waals surface area contributed by atoms with Gasteiger partial charge in [0.1, 0.15) is 0 Å². The van der Waals surface area contributed by atoms with Gasteiger partial charge in [0.2, 0.25) is 0 Å². The number of piperidine rings is 1. The molecule has 82 valence electrons. The second-order valence-electron chi connectivity index (χ2n) is 5.19. The summed E-state index contributed by atoms with van der Waals surface area (Å²) < 4.78 is 0. The second kappa shape index (κ2) is 3.47. The molecule has 0 bridgehead atoms. The Bertz CT molecular complexity index is 213. The fourth-order valence-electron chi connectivity index (χ4n) is 3.07. The Morgan fingerprint density at radius 2 is 1.86 bits per heavy atom. The molecule has 0 aromatic rings. The van der Waals surface area contributed by atoms with Crippen LogP contribution in [0.25, 0.3) is 0 Å². The van der Waals surface area contributed by atoms with Gasteiger partial charge in [-0.05, 0) is 52.7 Å². The largest absolute Gasteiger partial charge is 0.394 e. The van der Waals surface area contributed by atoms with Crippen LogP contribution in [-0.2, 0) is 0 Å². The number of aliphatic hydroxyl groups is 1. The van der Waals surface area contributed by atoms with E-state index in [1.165, 1.54) is 19.3 Å². The number of hydrogen-bond donors (Lipinski definition) is 2. The molecule has 2 N–H and O–H groups in total. The molecule has 2 fully saturated rings. The maximum Gasteiger partial charge on any atom is 0.0612 e. The number of nitrogens with zero attached hydrogens (tertiary/aromatic N) is 1. The molecule has 0 saturated carbocycles. The van der Waals surface area contributed by atoms with E-state index >= 15 is 0 Å². The van der Waals surface area contributed by atoms with Gasteiger partial charge in [-0.1, -0.05) is 0 Å². The van der Waals surface area contributed by atoms with Gasteiger partial charge in [-0.15, -0.1) is 0 Å². The van der Waals surface area contributed by atoms with E-state index in [9.17, 15) is 5.11 Å². The third-order valence-electron chi connectivity index (χ3n) is 4.53. The van der Waals surface area contributed by atoms with E-state index in [2.05, 4.69) is 24.2 Å². The maximum absolute atomic E-state index is 9.45. The smallest absolute Gasteiger partial charge is 0.0612 e. The minimum absolute atomic E-state index is 0.0251. The van der Waals surface area contributed by atoms with Crippen LogP contribution < -0.4 is 5.32 Å². The molecule has 0 aromatic carbocycles. The van der Waals surface area contributed by atoms with Gasteiger partial charge in [0, 0.05) is 11.1 Å². The van der Waals surface area contributed by atoms with Crippen molar-refractivity contribution in [2.24, 2.45) is 0 Å². The van der Waals surface area contributed by atoms with Gasteiger partial charge in [-0.25, -0.2) is 0 Å². The molecule has 2 saturated heterocycles. The van der Waals surface area contributed by atoms with E-state index in [1.807, 2.05) is 0 Å². The molecule has 3 nitrogen and oxygen atoms in total. The Kier molecular flexibility index (Phi) is 2.58. The molecular weight excluding hydrogens is 176 g/mol. The van der Waals surface area contributed by atoms with Gasteiger partial charge in [0.25, 0.3) is 0 Å². The molecule has 1 spiro atoms. The van der Waals surface area contributed by atoms with Crippen molar-refractivity contribution in [3.05, 3.63) is 0 Å². The molecule has 2 aliphatic heterocycles. The predicted octanol–water partition coefficient (Wildman–Crippen LogP) is 0.585. The summed E-state index contributed by atoms with van der Waals surface area (Å²) in [7, 11) is 2.19. The normalized spacial score (nSPS) is 37.9. The van der Waals surface area contributed by atoms with Crippen molar-refractivity contribution in [2.75, 3.05) is 26.7 Å². The Morgan fingerprint density at radius 3 is 2.36 bits per heavy atom. The first-order valence-corrected chi connectivity index (χ1v) is 5.69. The molecule has 3 heteroatoms. The molecule has 0 aromatic heterocycles. The maximum atomic E-state index is 9.45. The molecule has 0 aliphatic carbocycles. The number of rotatable bonds is 1. The van der Waals surface area contributed by atoms with Crippen molar-refractivity contribution in [2.45, 2.75) is 43.7 Å². The first-order chi connectivity index (χ1) is 6.63. The van der Waals surface area contributed by atoms with E-state index in [0.29, 0.717) is 12.1 Å². The molecule has 0 amide bonds. The highest BCUT2D eigenvalue weighted by Crippen LogP contribution is 2.44. The van der Waals surface area contributed by atoms with Gasteiger partial charge in [-0.3, -0.25) is 4.90 Å². The zero-order chi connectivity index (χ0) is 10.2. The van der Waals surface area contributed by atoms with E-state index in [4.69, 9.17) is 0 Å². The number of aliphatic hydroxyl groups excluding tert-OH is 1. The minimum atomic E-state index is 0.0251. The van der Waals surface area contributed by atoms with Crippen LogP contribution in [0.1, 0.15) is 32.6 Å². The molecule has 2 rings (SSSR count). The SMILES string of the molecule is CN1C(C)(CO)CCC12CCNCC2. The van der Waals surface area contributed by atoms with E-state index in [-0.39, 0.29) is 5.54 Å². The van der Waals surface area contributed by atoms with Crippen LogP contribution in [0.15, 0.2) is 0 Å². The molecular formula is C11H22N2O. The summed E-state index contributed by atoms with van der Waals surface area (Å²) in [5.74, 6) is 0. The lowest BCUT2D eigenvalue weighted by molar-refractivity contribution is 0.0186. The van der Waals surface area contributed by atoms with Crippen LogP contribution in [0.2, 0.25) is 0 Å². The third-order valence-corrected chi connectivity index (χ3v) is 4.53. The van der Waals surface area contributed by atoms with Gasteiger partial charge in [0.15, 0.2) is 0 Å². The molecule has 14 heavy (non-hydrogen) atoms. The summed E-state index contributed by atoms with van der Waals surface area (Å²) in [4.78, 5) is 2.45. The average Bonchev–Trinajstić information content (AvgIpc) is 2.47. The monoisotopic (exact) mass is 198 g/mol. The lowest BCUT2D eigenvalue weighted by Crippen LogP contribution is -2.55. The van der Waals surface area contributed by atoms with Gasteiger partial charge >= 0.3 is 0 Å². The molecule has 2 aliphatic rings. The van der Waals surface area contributed by atoms with E-state index in [1.54, 1.807) is 0 Å². The van der Waals surface area contributed by atoms with Crippen molar-refractivity contribution < 1.29 is 5.11 Å². The summed E-state index contributed by atoms with van der Waals surface area (Å²) in [6, 6.07) is 0. The lowest BCUT2D eigenvalue weighted by atomic mass is 9.86. The van der Waals surface area contributed by atoms with Crippen LogP contribution in [0.4, 0.5) is 0 Å². The summed E-state index contributed by atoms with van der Waals surface area (Å²) in [5.41, 5.74) is 0.403. The third kappa shape index (κ3) is 1.38. The summed E-state index contributed by atoms with van der Waals surface area (Å²) in [6.07, 6.45) is 4.86. The van der Waals surface area contributed by atoms with Crippen molar-refractivity contribution in [1.29, 1.82) is 0 Å². The zero-order valence-corrected chi connectivity index (χ0v) is 9.34. The fraction of sp³-hybridized carbons (Fsp3) is 1.00. The van der Waals surface area contributed by atoms with Crippen molar-refractivity contribution in [1.82, 2.24) is 10.2 Å². The molecule has 0 radical (unpaired) electrons. The number of likely N-dealkylation sites (N-methyl/N-ethyl adjacent to an activating group) is 1. The number of nitrogens with one attached hydrogen (secondary N) is 1. The van der Waals surface area contributed by atoms with E-state index in [0.717, 1.165) is 19.5 Å². The Morgan fingerprint density at radius 1 is 1.21 bits per heavy atom. The Hall–Kier alpha value is -0.120. The van der Waals surface area contributed by atoms with Crippen LogP contribution in [0, 0.1) is 0 Å². The average molecular weight is 198 g/mol. The first kappa shape index (κ1) is 10.4. The summed E-state index contributed by atoms with van der Waals surface area (Å²) in [5, 5.41) is 12.9. The van der Waals surface area contributed by atoms with Crippen LogP contribution in [0.5, 0.6) is 0 Å². The highest BCUT2D eigenvalue weighted by Gasteiger charge is 2.49. The predicted molar refractivity (Wildman–Crippen MR) is 57.3 cm³/mol. The molecule has 1 atom stereocenters. The Balaban J connectivity index is 2.15. The van der Waals surface area contributed by atoms with Crippen LogP contribution >= 0.6 is 0 Å². The van der Waals surface area contributed by atoms with Crippen molar-refractivity contribution >= 4 is 0 Å². The van der Waals surface area contributed by atoms with Crippen molar-refractivity contribution in [3.63, 3.8) is 0 Å². The quantitative estimate of drug-likeness (QED) is 0.647. The molecule has 2 heterocycles. The van der Waals surface area contributed by atoms with Gasteiger partial charge in [-0.2, -0.15) is 0 Å².